The summed E-state index contributed by atoms with van der Waals surface area (Å²) in [5.74, 6) is 0.479. The Morgan fingerprint density at radius 1 is 1.45 bits per heavy atom. The van der Waals surface area contributed by atoms with Crippen molar-refractivity contribution in [3.05, 3.63) is 0 Å². The van der Waals surface area contributed by atoms with Gasteiger partial charge in [-0.2, -0.15) is 0 Å². The molecule has 1 rings (SSSR count). The lowest BCUT2D eigenvalue weighted by Gasteiger charge is -2.20. The monoisotopic (exact) mass is 157 g/mol. The summed E-state index contributed by atoms with van der Waals surface area (Å²) in [6.45, 7) is 1.70. The van der Waals surface area contributed by atoms with Gasteiger partial charge in [-0.05, 0) is 25.2 Å². The maximum atomic E-state index is 10.4. The van der Waals surface area contributed by atoms with E-state index < -0.39 is 0 Å². The maximum absolute atomic E-state index is 10.4. The average Bonchev–Trinajstić information content (AvgIpc) is 2.03. The summed E-state index contributed by atoms with van der Waals surface area (Å²) in [6.07, 6.45) is 3.66. The summed E-state index contributed by atoms with van der Waals surface area (Å²) in [5.41, 5.74) is 5.04. The number of amides is 1. The topological polar surface area (TPSA) is 52.3 Å². The summed E-state index contributed by atoms with van der Waals surface area (Å²) in [6, 6.07) is 0. The zero-order valence-corrected chi connectivity index (χ0v) is 6.71. The molecule has 0 radical (unpaired) electrons. The van der Waals surface area contributed by atoms with Crippen molar-refractivity contribution in [1.29, 1.82) is 0 Å². The third kappa shape index (κ3) is 3.37. The Bertz CT molecular complexity index is 130. The molecule has 0 saturated carbocycles. The molecule has 0 aromatic rings. The normalized spacial score (nSPS) is 20.0. The molecule has 0 aromatic carbocycles. The van der Waals surface area contributed by atoms with Crippen LogP contribution in [0, 0.1) is 5.92 Å². The minimum absolute atomic E-state index is 0.184. The lowest BCUT2D eigenvalue weighted by atomic mass is 9.95. The van der Waals surface area contributed by atoms with Crippen molar-refractivity contribution in [2.75, 3.05) is 13.2 Å². The van der Waals surface area contributed by atoms with Gasteiger partial charge in [-0.3, -0.25) is 4.79 Å². The molecule has 1 aliphatic rings. The van der Waals surface area contributed by atoms with Crippen LogP contribution in [-0.2, 0) is 9.53 Å². The van der Waals surface area contributed by atoms with E-state index in [9.17, 15) is 4.79 Å². The van der Waals surface area contributed by atoms with Crippen molar-refractivity contribution in [2.45, 2.75) is 25.7 Å². The van der Waals surface area contributed by atoms with Crippen LogP contribution in [0.25, 0.3) is 0 Å². The second-order valence-electron chi connectivity index (χ2n) is 3.06. The molecule has 3 heteroatoms. The van der Waals surface area contributed by atoms with E-state index in [4.69, 9.17) is 10.5 Å². The van der Waals surface area contributed by atoms with Gasteiger partial charge in [0.05, 0.1) is 0 Å². The fourth-order valence-corrected chi connectivity index (χ4v) is 1.38. The Morgan fingerprint density at radius 2 is 2.09 bits per heavy atom. The van der Waals surface area contributed by atoms with Gasteiger partial charge in [-0.15, -0.1) is 0 Å². The van der Waals surface area contributed by atoms with E-state index >= 15 is 0 Å². The van der Waals surface area contributed by atoms with Crippen molar-refractivity contribution in [3.63, 3.8) is 0 Å². The number of primary amides is 1. The van der Waals surface area contributed by atoms with Crippen LogP contribution in [0.2, 0.25) is 0 Å². The molecule has 3 nitrogen and oxygen atoms in total. The lowest BCUT2D eigenvalue weighted by Crippen LogP contribution is -2.18. The second-order valence-corrected chi connectivity index (χ2v) is 3.06. The van der Waals surface area contributed by atoms with Gasteiger partial charge in [0.25, 0.3) is 0 Å². The first-order valence-electron chi connectivity index (χ1n) is 4.15. The minimum atomic E-state index is -0.184. The van der Waals surface area contributed by atoms with E-state index in [0.29, 0.717) is 12.3 Å². The van der Waals surface area contributed by atoms with Crippen LogP contribution in [0.3, 0.4) is 0 Å². The number of carbonyl (C=O) groups excluding carboxylic acids is 1. The van der Waals surface area contributed by atoms with Crippen LogP contribution < -0.4 is 5.73 Å². The molecule has 0 bridgehead atoms. The molecule has 0 unspecified atom stereocenters. The first kappa shape index (κ1) is 8.53. The zero-order valence-electron chi connectivity index (χ0n) is 6.71. The van der Waals surface area contributed by atoms with E-state index in [1.165, 1.54) is 0 Å². The molecular formula is C8H15NO2. The lowest BCUT2D eigenvalue weighted by molar-refractivity contribution is -0.118. The molecule has 0 spiro atoms. The number of rotatable bonds is 3. The summed E-state index contributed by atoms with van der Waals surface area (Å²) in [4.78, 5) is 10.4. The highest BCUT2D eigenvalue weighted by molar-refractivity contribution is 5.73. The second kappa shape index (κ2) is 4.34. The van der Waals surface area contributed by atoms with Crippen molar-refractivity contribution in [3.8, 4) is 0 Å². The number of carbonyl (C=O) groups is 1. The van der Waals surface area contributed by atoms with Crippen molar-refractivity contribution < 1.29 is 9.53 Å². The molecule has 11 heavy (non-hydrogen) atoms. The molecular weight excluding hydrogens is 142 g/mol. The van der Waals surface area contributed by atoms with Gasteiger partial charge in [-0.1, -0.05) is 0 Å². The Kier molecular flexibility index (Phi) is 3.36. The largest absolute Gasteiger partial charge is 0.381 e. The van der Waals surface area contributed by atoms with Gasteiger partial charge in [-0.25, -0.2) is 0 Å². The molecule has 64 valence electrons. The predicted molar refractivity (Wildman–Crippen MR) is 42.0 cm³/mol. The Balaban J connectivity index is 2.09. The van der Waals surface area contributed by atoms with Crippen LogP contribution in [0.15, 0.2) is 0 Å². The molecule has 1 fully saturated rings. The van der Waals surface area contributed by atoms with E-state index in [0.717, 1.165) is 32.5 Å². The molecule has 1 aliphatic heterocycles. The summed E-state index contributed by atoms with van der Waals surface area (Å²) in [5, 5.41) is 0. The van der Waals surface area contributed by atoms with Crippen LogP contribution in [-0.4, -0.2) is 19.1 Å². The minimum Gasteiger partial charge on any atom is -0.381 e. The number of hydrogen-bond donors (Lipinski definition) is 1. The molecule has 1 amide bonds. The Morgan fingerprint density at radius 3 is 2.64 bits per heavy atom. The maximum Gasteiger partial charge on any atom is 0.217 e. The van der Waals surface area contributed by atoms with Crippen molar-refractivity contribution in [2.24, 2.45) is 11.7 Å². The van der Waals surface area contributed by atoms with Gasteiger partial charge < -0.3 is 10.5 Å². The van der Waals surface area contributed by atoms with E-state index in [1.807, 2.05) is 0 Å². The SMILES string of the molecule is NC(=O)CCC1CCOCC1. The van der Waals surface area contributed by atoms with Crippen LogP contribution >= 0.6 is 0 Å². The van der Waals surface area contributed by atoms with Gasteiger partial charge in [0, 0.05) is 19.6 Å². The highest BCUT2D eigenvalue weighted by Gasteiger charge is 2.13. The molecule has 0 aromatic heterocycles. The summed E-state index contributed by atoms with van der Waals surface area (Å²) in [7, 11) is 0. The number of ether oxygens (including phenoxy) is 1. The van der Waals surface area contributed by atoms with Gasteiger partial charge in [0.1, 0.15) is 0 Å². The van der Waals surface area contributed by atoms with Gasteiger partial charge in [0.15, 0.2) is 0 Å². The Hall–Kier alpha value is -0.570. The van der Waals surface area contributed by atoms with Gasteiger partial charge >= 0.3 is 0 Å². The van der Waals surface area contributed by atoms with Crippen LogP contribution in [0.1, 0.15) is 25.7 Å². The fourth-order valence-electron chi connectivity index (χ4n) is 1.38. The summed E-state index contributed by atoms with van der Waals surface area (Å²) >= 11 is 0. The number of hydrogen-bond acceptors (Lipinski definition) is 2. The van der Waals surface area contributed by atoms with E-state index in [-0.39, 0.29) is 5.91 Å². The summed E-state index contributed by atoms with van der Waals surface area (Å²) < 4.78 is 5.19. The number of nitrogens with two attached hydrogens (primary N) is 1. The third-order valence-electron chi connectivity index (χ3n) is 2.14. The van der Waals surface area contributed by atoms with Gasteiger partial charge in [0.2, 0.25) is 5.91 Å². The molecule has 0 atom stereocenters. The first-order chi connectivity index (χ1) is 5.29. The highest BCUT2D eigenvalue weighted by atomic mass is 16.5. The molecule has 2 N–H and O–H groups in total. The third-order valence-corrected chi connectivity index (χ3v) is 2.14. The predicted octanol–water partition coefficient (Wildman–Crippen LogP) is 0.678. The quantitative estimate of drug-likeness (QED) is 0.655. The standard InChI is InChI=1S/C8H15NO2/c9-8(10)2-1-7-3-5-11-6-4-7/h7H,1-6H2,(H2,9,10). The average molecular weight is 157 g/mol. The fraction of sp³-hybridized carbons (Fsp3) is 0.875. The van der Waals surface area contributed by atoms with Crippen LogP contribution in [0.5, 0.6) is 0 Å². The van der Waals surface area contributed by atoms with Crippen LogP contribution in [0.4, 0.5) is 0 Å². The smallest absolute Gasteiger partial charge is 0.217 e. The van der Waals surface area contributed by atoms with Crippen molar-refractivity contribution >= 4 is 5.91 Å². The zero-order chi connectivity index (χ0) is 8.10. The first-order valence-corrected chi connectivity index (χ1v) is 4.15. The molecule has 1 heterocycles. The molecule has 0 aliphatic carbocycles. The van der Waals surface area contributed by atoms with Crippen molar-refractivity contribution in [1.82, 2.24) is 0 Å². The highest BCUT2D eigenvalue weighted by Crippen LogP contribution is 2.19. The van der Waals surface area contributed by atoms with E-state index in [2.05, 4.69) is 0 Å². The Labute approximate surface area is 66.9 Å². The van der Waals surface area contributed by atoms with E-state index in [1.54, 1.807) is 0 Å². The molecule has 1 saturated heterocycles.